The highest BCUT2D eigenvalue weighted by Gasteiger charge is 2.10. The number of rotatable bonds is 3. The summed E-state index contributed by atoms with van der Waals surface area (Å²) in [7, 11) is 0. The quantitative estimate of drug-likeness (QED) is 0.624. The number of fused-ring (bicyclic) bond motifs is 1. The second kappa shape index (κ2) is 6.12. The summed E-state index contributed by atoms with van der Waals surface area (Å²) in [6.45, 7) is 2.03. The molecule has 2 aromatic carbocycles. The average Bonchev–Trinajstić information content (AvgIpc) is 3.06. The first kappa shape index (κ1) is 14.9. The van der Waals surface area contributed by atoms with E-state index >= 15 is 0 Å². The Balaban J connectivity index is 1.62. The van der Waals surface area contributed by atoms with Gasteiger partial charge in [0, 0.05) is 18.1 Å². The van der Waals surface area contributed by atoms with Gasteiger partial charge in [0.2, 0.25) is 0 Å². The molecule has 2 aromatic heterocycles. The van der Waals surface area contributed by atoms with Crippen LogP contribution in [0, 0.1) is 6.92 Å². The van der Waals surface area contributed by atoms with Crippen LogP contribution in [-0.2, 0) is 0 Å². The molecule has 122 valence electrons. The zero-order chi connectivity index (χ0) is 17.2. The topological polar surface area (TPSA) is 85.6 Å². The van der Waals surface area contributed by atoms with Gasteiger partial charge in [-0.05, 0) is 37.3 Å². The monoisotopic (exact) mass is 330 g/mol. The molecule has 0 bridgehead atoms. The van der Waals surface area contributed by atoms with E-state index in [9.17, 15) is 4.79 Å². The van der Waals surface area contributed by atoms with Crippen molar-refractivity contribution in [3.8, 4) is 5.69 Å². The van der Waals surface area contributed by atoms with E-state index in [1.807, 2.05) is 37.3 Å². The number of benzene rings is 2. The summed E-state index contributed by atoms with van der Waals surface area (Å²) in [4.78, 5) is 21.6. The molecule has 7 heteroatoms. The number of hydrogen-bond acceptors (Lipinski definition) is 5. The van der Waals surface area contributed by atoms with Crippen LogP contribution < -0.4 is 5.32 Å². The van der Waals surface area contributed by atoms with Gasteiger partial charge in [-0.1, -0.05) is 17.7 Å². The smallest absolute Gasteiger partial charge is 0.275 e. The Morgan fingerprint density at radius 2 is 1.80 bits per heavy atom. The number of carbonyl (C=O) groups is 1. The first-order valence-corrected chi connectivity index (χ1v) is 7.70. The summed E-state index contributed by atoms with van der Waals surface area (Å²) in [5.41, 5.74) is 4.38. The summed E-state index contributed by atoms with van der Waals surface area (Å²) in [5, 5.41) is 11.7. The third-order valence-corrected chi connectivity index (χ3v) is 3.70. The third kappa shape index (κ3) is 3.07. The normalized spacial score (nSPS) is 10.8. The average molecular weight is 330 g/mol. The van der Waals surface area contributed by atoms with Gasteiger partial charge in [-0.3, -0.25) is 9.78 Å². The molecular formula is C18H14N6O. The van der Waals surface area contributed by atoms with E-state index in [-0.39, 0.29) is 11.6 Å². The zero-order valence-corrected chi connectivity index (χ0v) is 13.4. The van der Waals surface area contributed by atoms with E-state index in [1.54, 1.807) is 16.9 Å². The van der Waals surface area contributed by atoms with Gasteiger partial charge in [-0.25, -0.2) is 4.98 Å². The van der Waals surface area contributed by atoms with Crippen molar-refractivity contribution in [3.05, 3.63) is 72.3 Å². The van der Waals surface area contributed by atoms with Crippen molar-refractivity contribution in [2.24, 2.45) is 0 Å². The van der Waals surface area contributed by atoms with Gasteiger partial charge < -0.3 is 5.32 Å². The minimum absolute atomic E-state index is 0.255. The van der Waals surface area contributed by atoms with Crippen molar-refractivity contribution in [1.29, 1.82) is 0 Å². The number of aromatic nitrogens is 5. The second-order valence-electron chi connectivity index (χ2n) is 5.57. The van der Waals surface area contributed by atoms with E-state index in [1.165, 1.54) is 24.2 Å². The molecule has 0 radical (unpaired) electrons. The van der Waals surface area contributed by atoms with Gasteiger partial charge in [-0.2, -0.15) is 4.80 Å². The van der Waals surface area contributed by atoms with Crippen LogP contribution >= 0.6 is 0 Å². The molecule has 0 aliphatic carbocycles. The molecule has 0 aliphatic rings. The van der Waals surface area contributed by atoms with Crippen molar-refractivity contribution < 1.29 is 4.79 Å². The minimum atomic E-state index is -0.321. The van der Waals surface area contributed by atoms with Crippen LogP contribution in [0.5, 0.6) is 0 Å². The maximum Gasteiger partial charge on any atom is 0.275 e. The highest BCUT2D eigenvalue weighted by molar-refractivity contribution is 6.03. The van der Waals surface area contributed by atoms with Crippen LogP contribution in [0.15, 0.2) is 61.1 Å². The molecule has 1 amide bonds. The van der Waals surface area contributed by atoms with Crippen molar-refractivity contribution in [3.63, 3.8) is 0 Å². The van der Waals surface area contributed by atoms with Gasteiger partial charge in [0.05, 0.1) is 11.9 Å². The van der Waals surface area contributed by atoms with E-state index in [0.29, 0.717) is 11.2 Å². The van der Waals surface area contributed by atoms with Gasteiger partial charge in [0.15, 0.2) is 0 Å². The predicted molar refractivity (Wildman–Crippen MR) is 93.6 cm³/mol. The van der Waals surface area contributed by atoms with E-state index in [2.05, 4.69) is 25.5 Å². The maximum atomic E-state index is 12.2. The Kier molecular flexibility index (Phi) is 3.66. The molecule has 1 N–H and O–H groups in total. The lowest BCUT2D eigenvalue weighted by atomic mass is 10.2. The largest absolute Gasteiger partial charge is 0.321 e. The number of hydrogen-bond donors (Lipinski definition) is 1. The number of nitrogens with one attached hydrogen (secondary N) is 1. The van der Waals surface area contributed by atoms with Crippen molar-refractivity contribution in [1.82, 2.24) is 25.0 Å². The summed E-state index contributed by atoms with van der Waals surface area (Å²) in [6.07, 6.45) is 4.42. The van der Waals surface area contributed by atoms with Crippen molar-refractivity contribution in [2.45, 2.75) is 6.92 Å². The lowest BCUT2D eigenvalue weighted by Crippen LogP contribution is -2.13. The molecule has 0 unspecified atom stereocenters. The van der Waals surface area contributed by atoms with Gasteiger partial charge in [0.1, 0.15) is 16.7 Å². The van der Waals surface area contributed by atoms with Crippen LogP contribution in [0.1, 0.15) is 16.1 Å². The van der Waals surface area contributed by atoms with Crippen LogP contribution in [0.25, 0.3) is 16.7 Å². The van der Waals surface area contributed by atoms with Crippen molar-refractivity contribution in [2.75, 3.05) is 5.32 Å². The molecule has 0 aliphatic heterocycles. The van der Waals surface area contributed by atoms with Gasteiger partial charge >= 0.3 is 0 Å². The van der Waals surface area contributed by atoms with Gasteiger partial charge in [-0.15, -0.1) is 10.2 Å². The molecule has 0 atom stereocenters. The molecule has 25 heavy (non-hydrogen) atoms. The third-order valence-electron chi connectivity index (χ3n) is 3.70. The van der Waals surface area contributed by atoms with E-state index in [4.69, 9.17) is 0 Å². The molecular weight excluding hydrogens is 316 g/mol. The van der Waals surface area contributed by atoms with Gasteiger partial charge in [0.25, 0.3) is 5.91 Å². The number of nitrogens with zero attached hydrogens (tertiary/aromatic N) is 5. The lowest BCUT2D eigenvalue weighted by Gasteiger charge is -2.03. The van der Waals surface area contributed by atoms with E-state index in [0.717, 1.165) is 11.2 Å². The first-order chi connectivity index (χ1) is 12.2. The summed E-state index contributed by atoms with van der Waals surface area (Å²) in [6, 6.07) is 13.3. The zero-order valence-electron chi connectivity index (χ0n) is 13.4. The number of amides is 1. The summed E-state index contributed by atoms with van der Waals surface area (Å²) < 4.78 is 0. The lowest BCUT2D eigenvalue weighted by molar-refractivity contribution is 0.102. The standard InChI is InChI=1S/C18H14N6O/c1-12-2-5-14(6-3-12)24-22-15-7-4-13(10-16(15)23-24)21-18(25)17-11-19-8-9-20-17/h2-11H,1H3,(H,21,25). The highest BCUT2D eigenvalue weighted by atomic mass is 16.1. The molecule has 0 saturated heterocycles. The van der Waals surface area contributed by atoms with Crippen LogP contribution in [-0.4, -0.2) is 30.9 Å². The Labute approximate surface area is 143 Å². The highest BCUT2D eigenvalue weighted by Crippen LogP contribution is 2.18. The summed E-state index contributed by atoms with van der Waals surface area (Å²) >= 11 is 0. The Bertz CT molecular complexity index is 1040. The SMILES string of the molecule is Cc1ccc(-n2nc3ccc(NC(=O)c4cnccn4)cc3n2)cc1. The Morgan fingerprint density at radius 3 is 2.56 bits per heavy atom. The summed E-state index contributed by atoms with van der Waals surface area (Å²) in [5.74, 6) is -0.321. The number of aryl methyl sites for hydroxylation is 1. The minimum Gasteiger partial charge on any atom is -0.321 e. The number of anilines is 1. The molecule has 4 rings (SSSR count). The first-order valence-electron chi connectivity index (χ1n) is 7.70. The molecule has 2 heterocycles. The molecule has 0 fully saturated rings. The molecule has 4 aromatic rings. The van der Waals surface area contributed by atoms with Crippen molar-refractivity contribution >= 4 is 22.6 Å². The Morgan fingerprint density at radius 1 is 1.00 bits per heavy atom. The maximum absolute atomic E-state index is 12.2. The molecule has 0 saturated carbocycles. The predicted octanol–water partition coefficient (Wildman–Crippen LogP) is 2.77. The fourth-order valence-electron chi connectivity index (χ4n) is 2.40. The fraction of sp³-hybridized carbons (Fsp3) is 0.0556. The fourth-order valence-corrected chi connectivity index (χ4v) is 2.40. The van der Waals surface area contributed by atoms with E-state index < -0.39 is 0 Å². The molecule has 7 nitrogen and oxygen atoms in total. The van der Waals surface area contributed by atoms with Crippen LogP contribution in [0.3, 0.4) is 0 Å². The Hall–Kier alpha value is -3.61. The second-order valence-corrected chi connectivity index (χ2v) is 5.57. The molecule has 0 spiro atoms. The van der Waals surface area contributed by atoms with Crippen LogP contribution in [0.2, 0.25) is 0 Å². The van der Waals surface area contributed by atoms with Crippen LogP contribution in [0.4, 0.5) is 5.69 Å². The number of carbonyl (C=O) groups excluding carboxylic acids is 1.